The standard InChI is InChI=1S/C15H19Cl2NO2/c16-9-7-10(14(19)12(17)8-9)13-11-3-1-2-4-15(11,20)5-6-18-13/h7-8,11,13,18-20H,1-6H2. The summed E-state index contributed by atoms with van der Waals surface area (Å²) in [6.45, 7) is 0.737. The Morgan fingerprint density at radius 3 is 2.80 bits per heavy atom. The molecule has 1 heterocycles. The molecule has 1 aliphatic heterocycles. The Balaban J connectivity index is 2.00. The van der Waals surface area contributed by atoms with E-state index in [0.29, 0.717) is 10.6 Å². The highest BCUT2D eigenvalue weighted by Crippen LogP contribution is 2.48. The van der Waals surface area contributed by atoms with Crippen LogP contribution in [0, 0.1) is 5.92 Å². The normalized spacial score (nSPS) is 33.8. The Hall–Kier alpha value is -0.480. The van der Waals surface area contributed by atoms with Crippen LogP contribution in [0.15, 0.2) is 12.1 Å². The molecule has 0 amide bonds. The van der Waals surface area contributed by atoms with Crippen molar-refractivity contribution in [3.05, 3.63) is 27.7 Å². The SMILES string of the molecule is Oc1c(Cl)cc(Cl)cc1C1NCCC2(O)CCCCC12. The quantitative estimate of drug-likeness (QED) is 0.741. The fourth-order valence-corrected chi connectivity index (χ4v) is 4.28. The molecule has 3 rings (SSSR count). The van der Waals surface area contributed by atoms with Crippen LogP contribution in [0.4, 0.5) is 0 Å². The summed E-state index contributed by atoms with van der Waals surface area (Å²) in [6.07, 6.45) is 4.74. The van der Waals surface area contributed by atoms with Crippen LogP contribution in [-0.2, 0) is 0 Å². The third-order valence-electron chi connectivity index (χ3n) is 4.78. The molecule has 3 unspecified atom stereocenters. The van der Waals surface area contributed by atoms with E-state index in [2.05, 4.69) is 5.32 Å². The first kappa shape index (κ1) is 14.5. The zero-order chi connectivity index (χ0) is 14.3. The molecular formula is C15H19Cl2NO2. The van der Waals surface area contributed by atoms with Crippen LogP contribution in [-0.4, -0.2) is 22.4 Å². The van der Waals surface area contributed by atoms with Gasteiger partial charge in [0, 0.05) is 22.5 Å². The van der Waals surface area contributed by atoms with E-state index in [-0.39, 0.29) is 22.7 Å². The van der Waals surface area contributed by atoms with Gasteiger partial charge in [-0.05, 0) is 37.9 Å². The molecule has 3 N–H and O–H groups in total. The molecule has 110 valence electrons. The Morgan fingerprint density at radius 1 is 1.20 bits per heavy atom. The molecule has 1 aliphatic carbocycles. The number of hydrogen-bond donors (Lipinski definition) is 3. The molecule has 3 atom stereocenters. The molecule has 3 nitrogen and oxygen atoms in total. The van der Waals surface area contributed by atoms with Crippen LogP contribution in [0.3, 0.4) is 0 Å². The molecule has 20 heavy (non-hydrogen) atoms. The molecule has 2 aliphatic rings. The van der Waals surface area contributed by atoms with Gasteiger partial charge in [0.2, 0.25) is 0 Å². The van der Waals surface area contributed by atoms with Gasteiger partial charge in [0.1, 0.15) is 5.75 Å². The van der Waals surface area contributed by atoms with Gasteiger partial charge >= 0.3 is 0 Å². The molecule has 0 spiro atoms. The van der Waals surface area contributed by atoms with Gasteiger partial charge in [-0.2, -0.15) is 0 Å². The summed E-state index contributed by atoms with van der Waals surface area (Å²) in [5.41, 5.74) is 0.0718. The second-order valence-corrected chi connectivity index (χ2v) is 6.81. The maximum Gasteiger partial charge on any atom is 0.139 e. The van der Waals surface area contributed by atoms with E-state index < -0.39 is 5.60 Å². The second kappa shape index (κ2) is 5.38. The largest absolute Gasteiger partial charge is 0.506 e. The highest BCUT2D eigenvalue weighted by atomic mass is 35.5. The third-order valence-corrected chi connectivity index (χ3v) is 5.29. The summed E-state index contributed by atoms with van der Waals surface area (Å²) in [5.74, 6) is 0.175. The predicted molar refractivity (Wildman–Crippen MR) is 80.4 cm³/mol. The zero-order valence-corrected chi connectivity index (χ0v) is 12.7. The van der Waals surface area contributed by atoms with Crippen molar-refractivity contribution in [2.45, 2.75) is 43.7 Å². The summed E-state index contributed by atoms with van der Waals surface area (Å²) in [7, 11) is 0. The number of halogens is 2. The van der Waals surface area contributed by atoms with Gasteiger partial charge in [-0.25, -0.2) is 0 Å². The summed E-state index contributed by atoms with van der Waals surface area (Å²) >= 11 is 12.1. The number of rotatable bonds is 1. The van der Waals surface area contributed by atoms with Crippen LogP contribution in [0.1, 0.15) is 43.7 Å². The lowest BCUT2D eigenvalue weighted by molar-refractivity contribution is -0.0863. The summed E-state index contributed by atoms with van der Waals surface area (Å²) in [6, 6.07) is 3.20. The highest BCUT2D eigenvalue weighted by molar-refractivity contribution is 6.35. The number of piperidine rings is 1. The first-order chi connectivity index (χ1) is 9.51. The van der Waals surface area contributed by atoms with Crippen molar-refractivity contribution < 1.29 is 10.2 Å². The van der Waals surface area contributed by atoms with E-state index >= 15 is 0 Å². The van der Waals surface area contributed by atoms with Crippen LogP contribution in [0.5, 0.6) is 5.75 Å². The van der Waals surface area contributed by atoms with Crippen molar-refractivity contribution in [1.29, 1.82) is 0 Å². The van der Waals surface area contributed by atoms with Crippen molar-refractivity contribution in [3.63, 3.8) is 0 Å². The molecule has 2 fully saturated rings. The lowest BCUT2D eigenvalue weighted by Crippen LogP contribution is -2.53. The van der Waals surface area contributed by atoms with Crippen molar-refractivity contribution in [2.24, 2.45) is 5.92 Å². The fraction of sp³-hybridized carbons (Fsp3) is 0.600. The Bertz CT molecular complexity index is 519. The van der Waals surface area contributed by atoms with Gasteiger partial charge in [-0.15, -0.1) is 0 Å². The number of aromatic hydroxyl groups is 1. The van der Waals surface area contributed by atoms with Gasteiger partial charge in [-0.1, -0.05) is 36.0 Å². The van der Waals surface area contributed by atoms with E-state index in [1.807, 2.05) is 0 Å². The molecule has 0 radical (unpaired) electrons. The number of benzene rings is 1. The van der Waals surface area contributed by atoms with Gasteiger partial charge < -0.3 is 15.5 Å². The van der Waals surface area contributed by atoms with E-state index in [4.69, 9.17) is 23.2 Å². The molecule has 5 heteroatoms. The van der Waals surface area contributed by atoms with Crippen molar-refractivity contribution in [1.82, 2.24) is 5.32 Å². The lowest BCUT2D eigenvalue weighted by Gasteiger charge is -2.48. The number of nitrogens with one attached hydrogen (secondary N) is 1. The zero-order valence-electron chi connectivity index (χ0n) is 11.2. The minimum atomic E-state index is -0.630. The maximum absolute atomic E-state index is 10.9. The van der Waals surface area contributed by atoms with Crippen LogP contribution in [0.2, 0.25) is 10.0 Å². The van der Waals surface area contributed by atoms with Gasteiger partial charge in [0.15, 0.2) is 0 Å². The summed E-state index contributed by atoms with van der Waals surface area (Å²) in [4.78, 5) is 0. The maximum atomic E-state index is 10.9. The Labute approximate surface area is 128 Å². The number of phenolic OH excluding ortho intramolecular Hbond substituents is 1. The lowest BCUT2D eigenvalue weighted by atomic mass is 9.66. The molecule has 1 saturated heterocycles. The smallest absolute Gasteiger partial charge is 0.139 e. The fourth-order valence-electron chi connectivity index (χ4n) is 3.77. The average molecular weight is 316 g/mol. The molecule has 1 aromatic carbocycles. The first-order valence-corrected chi connectivity index (χ1v) is 7.90. The molecule has 0 aromatic heterocycles. The van der Waals surface area contributed by atoms with Crippen LogP contribution >= 0.6 is 23.2 Å². The number of phenols is 1. The molecule has 0 bridgehead atoms. The average Bonchev–Trinajstić information content (AvgIpc) is 2.41. The second-order valence-electron chi connectivity index (χ2n) is 5.96. The van der Waals surface area contributed by atoms with Crippen molar-refractivity contribution in [2.75, 3.05) is 6.54 Å². The van der Waals surface area contributed by atoms with Gasteiger partial charge in [0.25, 0.3) is 0 Å². The monoisotopic (exact) mass is 315 g/mol. The van der Waals surface area contributed by atoms with Gasteiger partial charge in [0.05, 0.1) is 10.6 Å². The Kier molecular flexibility index (Phi) is 3.89. The summed E-state index contributed by atoms with van der Waals surface area (Å²) < 4.78 is 0. The third kappa shape index (κ3) is 2.41. The van der Waals surface area contributed by atoms with Crippen molar-refractivity contribution >= 4 is 23.2 Å². The topological polar surface area (TPSA) is 52.5 Å². The highest BCUT2D eigenvalue weighted by Gasteiger charge is 2.46. The van der Waals surface area contributed by atoms with E-state index in [1.165, 1.54) is 6.07 Å². The molecule has 1 saturated carbocycles. The number of aliphatic hydroxyl groups is 1. The number of fused-ring (bicyclic) bond motifs is 1. The summed E-state index contributed by atoms with van der Waals surface area (Å²) in [5, 5.41) is 25.3. The number of hydrogen-bond acceptors (Lipinski definition) is 3. The van der Waals surface area contributed by atoms with Crippen molar-refractivity contribution in [3.8, 4) is 5.75 Å². The minimum absolute atomic E-state index is 0.0726. The predicted octanol–water partition coefficient (Wildman–Crippen LogP) is 3.65. The van der Waals surface area contributed by atoms with Crippen LogP contribution in [0.25, 0.3) is 0 Å². The van der Waals surface area contributed by atoms with E-state index in [1.54, 1.807) is 6.07 Å². The minimum Gasteiger partial charge on any atom is -0.506 e. The molecular weight excluding hydrogens is 297 g/mol. The van der Waals surface area contributed by atoms with Gasteiger partial charge in [-0.3, -0.25) is 0 Å². The molecule has 1 aromatic rings. The van der Waals surface area contributed by atoms with E-state index in [0.717, 1.165) is 38.6 Å². The Morgan fingerprint density at radius 2 is 2.00 bits per heavy atom. The van der Waals surface area contributed by atoms with Crippen LogP contribution < -0.4 is 5.32 Å². The van der Waals surface area contributed by atoms with E-state index in [9.17, 15) is 10.2 Å². The first-order valence-electron chi connectivity index (χ1n) is 7.15.